The summed E-state index contributed by atoms with van der Waals surface area (Å²) < 4.78 is 1.71. The Labute approximate surface area is 195 Å². The molecule has 0 N–H and O–H groups in total. The van der Waals surface area contributed by atoms with Gasteiger partial charge >= 0.3 is 0 Å². The SMILES string of the molecule is CC[C@@H](C)n1c(SCC(=O)N2CCN(C(=O)c3cccs3)CC2)nc2ccccc2c1=O. The van der Waals surface area contributed by atoms with Crippen molar-refractivity contribution in [3.05, 3.63) is 57.0 Å². The fraction of sp³-hybridized carbons (Fsp3) is 0.391. The van der Waals surface area contributed by atoms with Crippen LogP contribution in [0.15, 0.2) is 51.7 Å². The van der Waals surface area contributed by atoms with Crippen LogP contribution in [0.4, 0.5) is 0 Å². The highest BCUT2D eigenvalue weighted by molar-refractivity contribution is 7.99. The minimum absolute atomic E-state index is 0.00340. The second-order valence-corrected chi connectivity index (χ2v) is 9.67. The molecule has 0 unspecified atom stereocenters. The summed E-state index contributed by atoms with van der Waals surface area (Å²) in [6.07, 6.45) is 0.793. The van der Waals surface area contributed by atoms with Crippen molar-refractivity contribution in [1.29, 1.82) is 0 Å². The van der Waals surface area contributed by atoms with Crippen molar-refractivity contribution in [2.24, 2.45) is 0 Å². The van der Waals surface area contributed by atoms with Crippen molar-refractivity contribution < 1.29 is 9.59 Å². The van der Waals surface area contributed by atoms with Gasteiger partial charge in [0.2, 0.25) is 5.91 Å². The van der Waals surface area contributed by atoms with Gasteiger partial charge in [-0.05, 0) is 36.9 Å². The predicted octanol–water partition coefficient (Wildman–Crippen LogP) is 3.51. The summed E-state index contributed by atoms with van der Waals surface area (Å²) >= 11 is 2.74. The van der Waals surface area contributed by atoms with Crippen LogP contribution in [0, 0.1) is 0 Å². The molecule has 0 radical (unpaired) electrons. The average molecular weight is 471 g/mol. The first-order valence-electron chi connectivity index (χ1n) is 10.7. The van der Waals surface area contributed by atoms with Crippen LogP contribution in [0.3, 0.4) is 0 Å². The summed E-state index contributed by atoms with van der Waals surface area (Å²) in [6, 6.07) is 11.0. The van der Waals surface area contributed by atoms with E-state index in [-0.39, 0.29) is 29.2 Å². The maximum Gasteiger partial charge on any atom is 0.264 e. The Bertz CT molecular complexity index is 1170. The van der Waals surface area contributed by atoms with Gasteiger partial charge in [-0.2, -0.15) is 0 Å². The Morgan fingerprint density at radius 2 is 1.81 bits per heavy atom. The molecule has 3 heterocycles. The number of piperazine rings is 1. The molecule has 1 aromatic carbocycles. The van der Waals surface area contributed by atoms with E-state index in [2.05, 4.69) is 4.98 Å². The van der Waals surface area contributed by atoms with E-state index in [1.165, 1.54) is 23.1 Å². The van der Waals surface area contributed by atoms with Crippen molar-refractivity contribution >= 4 is 45.8 Å². The Morgan fingerprint density at radius 1 is 1.09 bits per heavy atom. The zero-order valence-electron chi connectivity index (χ0n) is 18.2. The molecule has 0 spiro atoms. The number of amides is 2. The van der Waals surface area contributed by atoms with Crippen LogP contribution in [0.25, 0.3) is 10.9 Å². The van der Waals surface area contributed by atoms with E-state index in [4.69, 9.17) is 0 Å². The Morgan fingerprint density at radius 3 is 2.50 bits per heavy atom. The number of thioether (sulfide) groups is 1. The molecule has 7 nitrogen and oxygen atoms in total. The molecule has 0 aliphatic carbocycles. The van der Waals surface area contributed by atoms with Crippen LogP contribution in [0.1, 0.15) is 36.0 Å². The highest BCUT2D eigenvalue weighted by atomic mass is 32.2. The molecule has 1 saturated heterocycles. The van der Waals surface area contributed by atoms with Crippen LogP contribution in [-0.4, -0.2) is 63.1 Å². The molecule has 1 aliphatic rings. The molecule has 1 atom stereocenters. The Hall–Kier alpha value is -2.65. The van der Waals surface area contributed by atoms with Crippen LogP contribution in [0.2, 0.25) is 0 Å². The molecule has 2 aromatic heterocycles. The number of benzene rings is 1. The molecular formula is C23H26N4O3S2. The predicted molar refractivity (Wildman–Crippen MR) is 129 cm³/mol. The van der Waals surface area contributed by atoms with Gasteiger partial charge in [-0.15, -0.1) is 11.3 Å². The number of rotatable bonds is 6. The fourth-order valence-electron chi connectivity index (χ4n) is 3.73. The van der Waals surface area contributed by atoms with Crippen LogP contribution < -0.4 is 5.56 Å². The molecule has 2 amide bonds. The lowest BCUT2D eigenvalue weighted by molar-refractivity contribution is -0.129. The highest BCUT2D eigenvalue weighted by Crippen LogP contribution is 2.23. The molecule has 3 aromatic rings. The summed E-state index contributed by atoms with van der Waals surface area (Å²) in [6.45, 7) is 6.11. The van der Waals surface area contributed by atoms with Gasteiger partial charge in [0.1, 0.15) is 0 Å². The van der Waals surface area contributed by atoms with Crippen molar-refractivity contribution in [1.82, 2.24) is 19.4 Å². The van der Waals surface area contributed by atoms with E-state index in [0.29, 0.717) is 42.2 Å². The van der Waals surface area contributed by atoms with Gasteiger partial charge in [0.15, 0.2) is 5.16 Å². The lowest BCUT2D eigenvalue weighted by Crippen LogP contribution is -2.51. The molecule has 0 bridgehead atoms. The molecule has 1 aliphatic heterocycles. The third-order valence-electron chi connectivity index (χ3n) is 5.78. The van der Waals surface area contributed by atoms with Gasteiger partial charge in [0, 0.05) is 32.2 Å². The second-order valence-electron chi connectivity index (χ2n) is 7.78. The lowest BCUT2D eigenvalue weighted by atomic mass is 10.2. The van der Waals surface area contributed by atoms with Gasteiger partial charge in [0.25, 0.3) is 11.5 Å². The number of hydrogen-bond donors (Lipinski definition) is 0. The minimum Gasteiger partial charge on any atom is -0.338 e. The molecule has 9 heteroatoms. The molecule has 0 saturated carbocycles. The summed E-state index contributed by atoms with van der Waals surface area (Å²) in [5, 5.41) is 3.06. The summed E-state index contributed by atoms with van der Waals surface area (Å²) in [7, 11) is 0. The van der Waals surface area contributed by atoms with Crippen molar-refractivity contribution in [2.75, 3.05) is 31.9 Å². The topological polar surface area (TPSA) is 75.5 Å². The normalized spacial score (nSPS) is 15.2. The zero-order chi connectivity index (χ0) is 22.7. The average Bonchev–Trinajstić information content (AvgIpc) is 3.37. The summed E-state index contributed by atoms with van der Waals surface area (Å²) in [5.74, 6) is 0.232. The monoisotopic (exact) mass is 470 g/mol. The number of fused-ring (bicyclic) bond motifs is 1. The first-order valence-corrected chi connectivity index (χ1v) is 12.6. The van der Waals surface area contributed by atoms with E-state index >= 15 is 0 Å². The van der Waals surface area contributed by atoms with Gasteiger partial charge in [-0.25, -0.2) is 4.98 Å². The van der Waals surface area contributed by atoms with Crippen LogP contribution in [-0.2, 0) is 4.79 Å². The molecular weight excluding hydrogens is 444 g/mol. The smallest absolute Gasteiger partial charge is 0.264 e. The number of aromatic nitrogens is 2. The quantitative estimate of drug-likeness (QED) is 0.407. The molecule has 4 rings (SSSR count). The van der Waals surface area contributed by atoms with E-state index in [1.54, 1.807) is 20.4 Å². The third-order valence-corrected chi connectivity index (χ3v) is 7.58. The highest BCUT2D eigenvalue weighted by Gasteiger charge is 2.26. The number of carbonyl (C=O) groups is 2. The largest absolute Gasteiger partial charge is 0.338 e. The standard InChI is InChI=1S/C23H26N4O3S2/c1-3-16(2)27-21(29)17-7-4-5-8-18(17)24-23(27)32-15-20(28)25-10-12-26(13-11-25)22(30)19-9-6-14-31-19/h4-9,14,16H,3,10-13,15H2,1-2H3/t16-/m1/s1. The number of carbonyl (C=O) groups excluding carboxylic acids is 2. The first-order chi connectivity index (χ1) is 15.5. The lowest BCUT2D eigenvalue weighted by Gasteiger charge is -2.34. The van der Waals surface area contributed by atoms with Crippen LogP contribution in [0.5, 0.6) is 0 Å². The maximum atomic E-state index is 13.1. The van der Waals surface area contributed by atoms with Crippen molar-refractivity contribution in [2.45, 2.75) is 31.5 Å². The maximum absolute atomic E-state index is 13.1. The molecule has 1 fully saturated rings. The second kappa shape index (κ2) is 9.87. The summed E-state index contributed by atoms with van der Waals surface area (Å²) in [5.41, 5.74) is 0.577. The Balaban J connectivity index is 1.43. The minimum atomic E-state index is -0.0689. The zero-order valence-corrected chi connectivity index (χ0v) is 19.8. The Kier molecular flexibility index (Phi) is 6.95. The van der Waals surface area contributed by atoms with Gasteiger partial charge in [-0.3, -0.25) is 19.0 Å². The third kappa shape index (κ3) is 4.59. The number of para-hydroxylation sites is 1. The molecule has 32 heavy (non-hydrogen) atoms. The van der Waals surface area contributed by atoms with Crippen LogP contribution >= 0.6 is 23.1 Å². The van der Waals surface area contributed by atoms with E-state index in [0.717, 1.165) is 11.3 Å². The number of thiophene rings is 1. The summed E-state index contributed by atoms with van der Waals surface area (Å²) in [4.78, 5) is 47.4. The van der Waals surface area contributed by atoms with Crippen molar-refractivity contribution in [3.8, 4) is 0 Å². The first kappa shape index (κ1) is 22.5. The van der Waals surface area contributed by atoms with Gasteiger partial charge < -0.3 is 9.80 Å². The fourth-order valence-corrected chi connectivity index (χ4v) is 5.42. The number of nitrogens with zero attached hydrogens (tertiary/aromatic N) is 4. The number of hydrogen-bond acceptors (Lipinski definition) is 6. The molecule has 168 valence electrons. The van der Waals surface area contributed by atoms with Gasteiger partial charge in [-0.1, -0.05) is 36.9 Å². The van der Waals surface area contributed by atoms with E-state index in [9.17, 15) is 14.4 Å². The van der Waals surface area contributed by atoms with E-state index < -0.39 is 0 Å². The van der Waals surface area contributed by atoms with E-state index in [1.807, 2.05) is 49.6 Å². The van der Waals surface area contributed by atoms with Gasteiger partial charge in [0.05, 0.1) is 21.5 Å². The van der Waals surface area contributed by atoms with Crippen molar-refractivity contribution in [3.63, 3.8) is 0 Å².